The summed E-state index contributed by atoms with van der Waals surface area (Å²) >= 11 is 4.68. The van der Waals surface area contributed by atoms with Gasteiger partial charge in [0.15, 0.2) is 0 Å². The van der Waals surface area contributed by atoms with E-state index in [1.165, 1.54) is 11.3 Å². The number of nitrogens with one attached hydrogen (secondary N) is 1. The Morgan fingerprint density at radius 3 is 2.69 bits per heavy atom. The Morgan fingerprint density at radius 2 is 1.92 bits per heavy atom. The minimum Gasteiger partial charge on any atom is -0.397 e. The van der Waals surface area contributed by atoms with Gasteiger partial charge in [0.2, 0.25) is 0 Å². The maximum absolute atomic E-state index is 12.6. The summed E-state index contributed by atoms with van der Waals surface area (Å²) in [4.78, 5) is 22.5. The molecule has 0 spiro atoms. The number of nitrogen functional groups attached to an aromatic ring is 1. The van der Waals surface area contributed by atoms with Crippen molar-refractivity contribution < 1.29 is 4.79 Å². The Bertz CT molecular complexity index is 1110. The fourth-order valence-corrected chi connectivity index (χ4v) is 3.99. The van der Waals surface area contributed by atoms with Gasteiger partial charge in [-0.2, -0.15) is 0 Å². The van der Waals surface area contributed by atoms with E-state index in [-0.39, 0.29) is 5.91 Å². The molecule has 1 aromatic carbocycles. The van der Waals surface area contributed by atoms with E-state index in [1.54, 1.807) is 12.4 Å². The Kier molecular flexibility index (Phi) is 4.40. The molecule has 0 aliphatic heterocycles. The smallest absolute Gasteiger partial charge is 0.267 e. The van der Waals surface area contributed by atoms with E-state index in [9.17, 15) is 4.79 Å². The van der Waals surface area contributed by atoms with E-state index in [0.29, 0.717) is 16.3 Å². The van der Waals surface area contributed by atoms with Gasteiger partial charge < -0.3 is 11.1 Å². The number of carbonyl (C=O) groups is 1. The molecule has 4 rings (SSSR count). The number of rotatable bonds is 3. The number of pyridine rings is 2. The summed E-state index contributed by atoms with van der Waals surface area (Å²) in [6, 6.07) is 15.0. The zero-order chi connectivity index (χ0) is 18.1. The van der Waals surface area contributed by atoms with Crippen LogP contribution in [0.15, 0.2) is 65.4 Å². The second-order valence-electron chi connectivity index (χ2n) is 5.59. The highest BCUT2D eigenvalue weighted by Crippen LogP contribution is 2.34. The van der Waals surface area contributed by atoms with Crippen molar-refractivity contribution in [3.8, 4) is 11.3 Å². The van der Waals surface area contributed by atoms with Crippen LogP contribution in [0.5, 0.6) is 0 Å². The summed E-state index contributed by atoms with van der Waals surface area (Å²) in [5, 5.41) is 3.66. The molecular formula is C19H13BrN4OS. The first-order chi connectivity index (χ1) is 12.6. The van der Waals surface area contributed by atoms with Gasteiger partial charge in [0.05, 0.1) is 11.4 Å². The average Bonchev–Trinajstić information content (AvgIpc) is 2.99. The van der Waals surface area contributed by atoms with Crippen molar-refractivity contribution >= 4 is 54.8 Å². The van der Waals surface area contributed by atoms with Gasteiger partial charge in [0.1, 0.15) is 9.71 Å². The van der Waals surface area contributed by atoms with Gasteiger partial charge in [-0.15, -0.1) is 11.3 Å². The molecule has 3 aromatic heterocycles. The highest BCUT2D eigenvalue weighted by molar-refractivity contribution is 9.10. The first-order valence-corrected chi connectivity index (χ1v) is 9.39. The van der Waals surface area contributed by atoms with Crippen molar-refractivity contribution in [3.63, 3.8) is 0 Å². The third-order valence-corrected chi connectivity index (χ3v) is 5.47. The molecule has 7 heteroatoms. The number of nitrogens with two attached hydrogens (primary N) is 1. The zero-order valence-corrected chi connectivity index (χ0v) is 15.8. The van der Waals surface area contributed by atoms with E-state index in [0.717, 1.165) is 25.9 Å². The second-order valence-corrected chi connectivity index (χ2v) is 7.51. The van der Waals surface area contributed by atoms with E-state index in [1.807, 2.05) is 48.5 Å². The normalized spacial score (nSPS) is 10.8. The predicted octanol–water partition coefficient (Wildman–Crippen LogP) is 4.96. The van der Waals surface area contributed by atoms with E-state index >= 15 is 0 Å². The number of carbonyl (C=O) groups excluding carboxylic acids is 1. The monoisotopic (exact) mass is 424 g/mol. The molecule has 128 valence electrons. The summed E-state index contributed by atoms with van der Waals surface area (Å²) in [6.07, 6.45) is 3.45. The largest absolute Gasteiger partial charge is 0.397 e. The van der Waals surface area contributed by atoms with Gasteiger partial charge in [-0.3, -0.25) is 9.78 Å². The number of anilines is 2. The second kappa shape index (κ2) is 6.86. The van der Waals surface area contributed by atoms with Crippen LogP contribution in [0.1, 0.15) is 9.67 Å². The number of halogens is 1. The fraction of sp³-hybridized carbons (Fsp3) is 0. The van der Waals surface area contributed by atoms with Gasteiger partial charge in [-0.05, 0) is 42.5 Å². The lowest BCUT2D eigenvalue weighted by atomic mass is 10.1. The zero-order valence-electron chi connectivity index (χ0n) is 13.4. The lowest BCUT2D eigenvalue weighted by Gasteiger charge is -2.04. The third kappa shape index (κ3) is 3.18. The van der Waals surface area contributed by atoms with Gasteiger partial charge in [0.25, 0.3) is 5.91 Å². The SMILES string of the molecule is Nc1c(C(=O)Nc2cccc(Br)c2)sc2nc(-c3ccncc3)ccc12. The predicted molar refractivity (Wildman–Crippen MR) is 109 cm³/mol. The molecule has 26 heavy (non-hydrogen) atoms. The van der Waals surface area contributed by atoms with Crippen LogP contribution in [0.4, 0.5) is 11.4 Å². The molecule has 0 saturated carbocycles. The van der Waals surface area contributed by atoms with E-state index < -0.39 is 0 Å². The lowest BCUT2D eigenvalue weighted by molar-refractivity contribution is 0.103. The molecule has 0 unspecified atom stereocenters. The first kappa shape index (κ1) is 16.7. The minimum atomic E-state index is -0.242. The molecule has 3 N–H and O–H groups in total. The molecule has 5 nitrogen and oxygen atoms in total. The lowest BCUT2D eigenvalue weighted by Crippen LogP contribution is -2.11. The molecule has 4 aromatic rings. The molecular weight excluding hydrogens is 412 g/mol. The number of nitrogens with zero attached hydrogens (tertiary/aromatic N) is 2. The van der Waals surface area contributed by atoms with Crippen LogP contribution in [0.25, 0.3) is 21.5 Å². The standard InChI is InChI=1S/C19H13BrN4OS/c20-12-2-1-3-13(10-12)23-18(25)17-16(21)14-4-5-15(24-19(14)26-17)11-6-8-22-9-7-11/h1-10H,21H2,(H,23,25). The Balaban J connectivity index is 1.69. The van der Waals surface area contributed by atoms with Crippen LogP contribution in [0, 0.1) is 0 Å². The number of amides is 1. The van der Waals surface area contributed by atoms with Gasteiger partial charge >= 0.3 is 0 Å². The maximum atomic E-state index is 12.6. The maximum Gasteiger partial charge on any atom is 0.267 e. The van der Waals surface area contributed by atoms with Crippen LogP contribution in [-0.2, 0) is 0 Å². The molecule has 0 aliphatic rings. The number of benzene rings is 1. The van der Waals surface area contributed by atoms with Crippen LogP contribution in [0.2, 0.25) is 0 Å². The van der Waals surface area contributed by atoms with Gasteiger partial charge in [-0.25, -0.2) is 4.98 Å². The molecule has 0 atom stereocenters. The molecule has 0 fully saturated rings. The molecule has 1 amide bonds. The van der Waals surface area contributed by atoms with E-state index in [4.69, 9.17) is 5.73 Å². The highest BCUT2D eigenvalue weighted by atomic mass is 79.9. The summed E-state index contributed by atoms with van der Waals surface area (Å²) in [5.74, 6) is -0.242. The van der Waals surface area contributed by atoms with Gasteiger partial charge in [0, 0.05) is 33.5 Å². The van der Waals surface area contributed by atoms with Crippen LogP contribution in [-0.4, -0.2) is 15.9 Å². The molecule has 0 bridgehead atoms. The van der Waals surface area contributed by atoms with Crippen molar-refractivity contribution in [2.45, 2.75) is 0 Å². The minimum absolute atomic E-state index is 0.242. The Morgan fingerprint density at radius 1 is 1.12 bits per heavy atom. The van der Waals surface area contributed by atoms with E-state index in [2.05, 4.69) is 31.2 Å². The molecule has 0 saturated heterocycles. The summed E-state index contributed by atoms with van der Waals surface area (Å²) in [7, 11) is 0. The quantitative estimate of drug-likeness (QED) is 0.487. The fourth-order valence-electron chi connectivity index (χ4n) is 2.60. The molecule has 0 aliphatic carbocycles. The van der Waals surface area contributed by atoms with Crippen LogP contribution >= 0.6 is 27.3 Å². The number of fused-ring (bicyclic) bond motifs is 1. The number of aromatic nitrogens is 2. The van der Waals surface area contributed by atoms with Crippen molar-refractivity contribution in [2.75, 3.05) is 11.1 Å². The van der Waals surface area contributed by atoms with Crippen molar-refractivity contribution in [1.29, 1.82) is 0 Å². The average molecular weight is 425 g/mol. The molecule has 0 radical (unpaired) electrons. The Hall–Kier alpha value is -2.77. The Labute approximate surface area is 162 Å². The van der Waals surface area contributed by atoms with Crippen molar-refractivity contribution in [3.05, 3.63) is 70.3 Å². The van der Waals surface area contributed by atoms with Crippen LogP contribution in [0.3, 0.4) is 0 Å². The topological polar surface area (TPSA) is 80.9 Å². The van der Waals surface area contributed by atoms with Crippen molar-refractivity contribution in [2.24, 2.45) is 0 Å². The summed E-state index contributed by atoms with van der Waals surface area (Å²) in [6.45, 7) is 0. The highest BCUT2D eigenvalue weighted by Gasteiger charge is 2.18. The number of hydrogen-bond donors (Lipinski definition) is 2. The van der Waals surface area contributed by atoms with Crippen LogP contribution < -0.4 is 11.1 Å². The number of hydrogen-bond acceptors (Lipinski definition) is 5. The van der Waals surface area contributed by atoms with Gasteiger partial charge in [-0.1, -0.05) is 22.0 Å². The van der Waals surface area contributed by atoms with Crippen molar-refractivity contribution in [1.82, 2.24) is 9.97 Å². The number of thiophene rings is 1. The summed E-state index contributed by atoms with van der Waals surface area (Å²) < 4.78 is 0.892. The third-order valence-electron chi connectivity index (χ3n) is 3.86. The molecule has 3 heterocycles. The first-order valence-electron chi connectivity index (χ1n) is 7.78. The summed E-state index contributed by atoms with van der Waals surface area (Å²) in [5.41, 5.74) is 9.14.